The number of aryl methyl sites for hydroxylation is 1. The summed E-state index contributed by atoms with van der Waals surface area (Å²) in [6.45, 7) is 3.81. The van der Waals surface area contributed by atoms with Gasteiger partial charge < -0.3 is 9.84 Å². The number of allylic oxidation sites excluding steroid dienone is 1. The van der Waals surface area contributed by atoms with Crippen molar-refractivity contribution in [2.45, 2.75) is 13.8 Å². The Morgan fingerprint density at radius 1 is 1.38 bits per heavy atom. The van der Waals surface area contributed by atoms with Crippen molar-refractivity contribution < 1.29 is 9.84 Å². The number of ether oxygens (including phenoxy) is 1. The standard InChI is InChI=1S/C11H14O2/c1-4-5-9-6-8(2)11(12)10(7-9)13-3/h4-7,12H,1-3H3/b5-4+. The van der Waals surface area contributed by atoms with Crippen LogP contribution in [0.2, 0.25) is 0 Å². The Labute approximate surface area is 78.5 Å². The molecule has 1 aromatic rings. The first-order valence-electron chi connectivity index (χ1n) is 4.19. The first-order chi connectivity index (χ1) is 6.19. The molecule has 0 aliphatic carbocycles. The number of hydrogen-bond donors (Lipinski definition) is 1. The molecule has 0 atom stereocenters. The number of hydrogen-bond acceptors (Lipinski definition) is 2. The van der Waals surface area contributed by atoms with Crippen molar-refractivity contribution in [3.05, 3.63) is 29.3 Å². The molecule has 0 spiro atoms. The van der Waals surface area contributed by atoms with Crippen LogP contribution in [0.1, 0.15) is 18.1 Å². The monoisotopic (exact) mass is 178 g/mol. The Kier molecular flexibility index (Phi) is 2.96. The molecule has 0 saturated heterocycles. The van der Waals surface area contributed by atoms with Gasteiger partial charge in [-0.15, -0.1) is 0 Å². The molecule has 0 amide bonds. The molecule has 0 unspecified atom stereocenters. The summed E-state index contributed by atoms with van der Waals surface area (Å²) in [4.78, 5) is 0. The molecule has 70 valence electrons. The largest absolute Gasteiger partial charge is 0.504 e. The molecule has 0 aromatic heterocycles. The van der Waals surface area contributed by atoms with Gasteiger partial charge in [-0.2, -0.15) is 0 Å². The number of phenolic OH excluding ortho intramolecular Hbond substituents is 1. The lowest BCUT2D eigenvalue weighted by Gasteiger charge is -2.07. The summed E-state index contributed by atoms with van der Waals surface area (Å²) in [6.07, 6.45) is 3.92. The van der Waals surface area contributed by atoms with Gasteiger partial charge in [0.25, 0.3) is 0 Å². The molecule has 0 aliphatic heterocycles. The number of rotatable bonds is 2. The molecule has 0 aliphatic rings. The van der Waals surface area contributed by atoms with Crippen LogP contribution in [0, 0.1) is 6.92 Å². The van der Waals surface area contributed by atoms with Crippen molar-refractivity contribution in [2.24, 2.45) is 0 Å². The highest BCUT2D eigenvalue weighted by Gasteiger charge is 2.04. The number of methoxy groups -OCH3 is 1. The van der Waals surface area contributed by atoms with Gasteiger partial charge in [-0.05, 0) is 37.1 Å². The van der Waals surface area contributed by atoms with E-state index in [2.05, 4.69) is 0 Å². The van der Waals surface area contributed by atoms with Crippen LogP contribution in [-0.2, 0) is 0 Å². The predicted octanol–water partition coefficient (Wildman–Crippen LogP) is 2.74. The van der Waals surface area contributed by atoms with E-state index in [4.69, 9.17) is 4.74 Å². The first kappa shape index (κ1) is 9.65. The van der Waals surface area contributed by atoms with E-state index in [9.17, 15) is 5.11 Å². The van der Waals surface area contributed by atoms with Crippen LogP contribution in [-0.4, -0.2) is 12.2 Å². The molecule has 2 heteroatoms. The van der Waals surface area contributed by atoms with Crippen LogP contribution in [0.5, 0.6) is 11.5 Å². The van der Waals surface area contributed by atoms with E-state index >= 15 is 0 Å². The van der Waals surface area contributed by atoms with E-state index in [1.165, 1.54) is 0 Å². The minimum Gasteiger partial charge on any atom is -0.504 e. The van der Waals surface area contributed by atoms with Gasteiger partial charge in [-0.1, -0.05) is 12.2 Å². The summed E-state index contributed by atoms with van der Waals surface area (Å²) in [5.41, 5.74) is 1.86. The van der Waals surface area contributed by atoms with E-state index in [0.717, 1.165) is 11.1 Å². The van der Waals surface area contributed by atoms with Crippen molar-refractivity contribution in [3.8, 4) is 11.5 Å². The van der Waals surface area contributed by atoms with E-state index in [1.54, 1.807) is 7.11 Å². The molecule has 1 rings (SSSR count). The van der Waals surface area contributed by atoms with Crippen molar-refractivity contribution in [1.82, 2.24) is 0 Å². The Balaban J connectivity index is 3.21. The predicted molar refractivity (Wildman–Crippen MR) is 54.1 cm³/mol. The number of aromatic hydroxyl groups is 1. The lowest BCUT2D eigenvalue weighted by Crippen LogP contribution is -1.87. The van der Waals surface area contributed by atoms with Crippen LogP contribution < -0.4 is 4.74 Å². The van der Waals surface area contributed by atoms with Crippen LogP contribution >= 0.6 is 0 Å². The van der Waals surface area contributed by atoms with Crippen molar-refractivity contribution in [3.63, 3.8) is 0 Å². The lowest BCUT2D eigenvalue weighted by atomic mass is 10.1. The minimum absolute atomic E-state index is 0.218. The normalized spacial score (nSPS) is 10.7. The highest BCUT2D eigenvalue weighted by molar-refractivity contribution is 5.58. The molecular formula is C11H14O2. The maximum absolute atomic E-state index is 9.54. The maximum atomic E-state index is 9.54. The molecule has 0 fully saturated rings. The first-order valence-corrected chi connectivity index (χ1v) is 4.19. The summed E-state index contributed by atoms with van der Waals surface area (Å²) in [5, 5.41) is 9.54. The molecule has 13 heavy (non-hydrogen) atoms. The van der Waals surface area contributed by atoms with Gasteiger partial charge in [-0.3, -0.25) is 0 Å². The van der Waals surface area contributed by atoms with Gasteiger partial charge in [0.2, 0.25) is 0 Å². The van der Waals surface area contributed by atoms with Crippen molar-refractivity contribution in [1.29, 1.82) is 0 Å². The fourth-order valence-corrected chi connectivity index (χ4v) is 1.22. The molecular weight excluding hydrogens is 164 g/mol. The van der Waals surface area contributed by atoms with E-state index in [-0.39, 0.29) is 5.75 Å². The topological polar surface area (TPSA) is 29.5 Å². The van der Waals surface area contributed by atoms with Gasteiger partial charge in [0.15, 0.2) is 11.5 Å². The third-order valence-corrected chi connectivity index (χ3v) is 1.87. The highest BCUT2D eigenvalue weighted by atomic mass is 16.5. The van der Waals surface area contributed by atoms with E-state index in [0.29, 0.717) is 5.75 Å². The van der Waals surface area contributed by atoms with E-state index < -0.39 is 0 Å². The SMILES string of the molecule is C/C=C/c1cc(C)c(O)c(OC)c1. The van der Waals surface area contributed by atoms with Gasteiger partial charge in [0.1, 0.15) is 0 Å². The van der Waals surface area contributed by atoms with Crippen molar-refractivity contribution >= 4 is 6.08 Å². The summed E-state index contributed by atoms with van der Waals surface area (Å²) in [5.74, 6) is 0.740. The smallest absolute Gasteiger partial charge is 0.161 e. The fraction of sp³-hybridized carbons (Fsp3) is 0.273. The summed E-state index contributed by atoms with van der Waals surface area (Å²) in [7, 11) is 1.55. The second-order valence-electron chi connectivity index (χ2n) is 2.89. The number of phenols is 1. The molecule has 1 N–H and O–H groups in total. The highest BCUT2D eigenvalue weighted by Crippen LogP contribution is 2.31. The minimum atomic E-state index is 0.218. The summed E-state index contributed by atoms with van der Waals surface area (Å²) in [6, 6.07) is 3.72. The third kappa shape index (κ3) is 2.02. The molecule has 1 aromatic carbocycles. The van der Waals surface area contributed by atoms with Gasteiger partial charge in [0.05, 0.1) is 7.11 Å². The average molecular weight is 178 g/mol. The second-order valence-corrected chi connectivity index (χ2v) is 2.89. The van der Waals surface area contributed by atoms with Gasteiger partial charge >= 0.3 is 0 Å². The zero-order valence-corrected chi connectivity index (χ0v) is 8.16. The summed E-state index contributed by atoms with van der Waals surface area (Å²) >= 11 is 0. The molecule has 0 bridgehead atoms. The zero-order valence-electron chi connectivity index (χ0n) is 8.16. The Hall–Kier alpha value is -1.44. The quantitative estimate of drug-likeness (QED) is 0.754. The lowest BCUT2D eigenvalue weighted by molar-refractivity contribution is 0.371. The van der Waals surface area contributed by atoms with Gasteiger partial charge in [-0.25, -0.2) is 0 Å². The Morgan fingerprint density at radius 2 is 2.08 bits per heavy atom. The van der Waals surface area contributed by atoms with Crippen molar-refractivity contribution in [2.75, 3.05) is 7.11 Å². The van der Waals surface area contributed by atoms with Crippen LogP contribution in [0.3, 0.4) is 0 Å². The molecule has 2 nitrogen and oxygen atoms in total. The third-order valence-electron chi connectivity index (χ3n) is 1.87. The van der Waals surface area contributed by atoms with Crippen LogP contribution in [0.4, 0.5) is 0 Å². The summed E-state index contributed by atoms with van der Waals surface area (Å²) < 4.78 is 5.03. The molecule has 0 saturated carbocycles. The number of benzene rings is 1. The van der Waals surface area contributed by atoms with E-state index in [1.807, 2.05) is 38.1 Å². The second kappa shape index (κ2) is 3.99. The Bertz CT molecular complexity index is 327. The van der Waals surface area contributed by atoms with Crippen LogP contribution in [0.15, 0.2) is 18.2 Å². The average Bonchev–Trinajstić information content (AvgIpc) is 2.11. The van der Waals surface area contributed by atoms with Crippen LogP contribution in [0.25, 0.3) is 6.08 Å². The van der Waals surface area contributed by atoms with Gasteiger partial charge in [0, 0.05) is 0 Å². The Morgan fingerprint density at radius 3 is 2.62 bits per heavy atom. The zero-order chi connectivity index (χ0) is 9.84. The molecule has 0 radical (unpaired) electrons. The molecule has 0 heterocycles. The fourth-order valence-electron chi connectivity index (χ4n) is 1.22. The maximum Gasteiger partial charge on any atom is 0.161 e.